The van der Waals surface area contributed by atoms with Crippen LogP contribution in [-0.2, 0) is 31.5 Å². The lowest BCUT2D eigenvalue weighted by Gasteiger charge is -2.39. The van der Waals surface area contributed by atoms with E-state index in [2.05, 4.69) is 10.1 Å². The minimum Gasteiger partial charge on any atom is -0.349 e. The van der Waals surface area contributed by atoms with Crippen LogP contribution >= 0.6 is 0 Å². The van der Waals surface area contributed by atoms with Crippen molar-refractivity contribution >= 4 is 9.84 Å². The van der Waals surface area contributed by atoms with Gasteiger partial charge in [-0.05, 0) is 61.3 Å². The molecule has 222 valence electrons. The monoisotopic (exact) mass is 611 g/mol. The molecule has 1 saturated heterocycles. The summed E-state index contributed by atoms with van der Waals surface area (Å²) in [4.78, 5) is -0.290. The van der Waals surface area contributed by atoms with E-state index >= 15 is 0 Å². The molecule has 0 aliphatic carbocycles. The summed E-state index contributed by atoms with van der Waals surface area (Å²) in [5.41, 5.74) is -7.74. The second-order valence-corrected chi connectivity index (χ2v) is 11.7. The summed E-state index contributed by atoms with van der Waals surface area (Å²) in [5.74, 6) is -3.53. The zero-order valence-corrected chi connectivity index (χ0v) is 21.7. The minimum absolute atomic E-state index is 0.0359. The third-order valence-corrected chi connectivity index (χ3v) is 9.60. The van der Waals surface area contributed by atoms with E-state index in [0.29, 0.717) is 37.2 Å². The number of alkyl halides is 6. The summed E-state index contributed by atoms with van der Waals surface area (Å²) >= 11 is 0. The molecule has 1 aliphatic rings. The summed E-state index contributed by atoms with van der Waals surface area (Å²) in [6.45, 7) is -1.53. The maximum Gasteiger partial charge on any atom is 0.430 e. The van der Waals surface area contributed by atoms with E-state index in [9.17, 15) is 47.9 Å². The van der Waals surface area contributed by atoms with Crippen LogP contribution in [0.2, 0.25) is 0 Å². The summed E-state index contributed by atoms with van der Waals surface area (Å²) in [7, 11) is -4.34. The molecular weight excluding hydrogens is 589 g/mol. The van der Waals surface area contributed by atoms with E-state index in [1.54, 1.807) is 0 Å². The van der Waals surface area contributed by atoms with Gasteiger partial charge in [0.15, 0.2) is 9.84 Å². The van der Waals surface area contributed by atoms with Crippen molar-refractivity contribution in [3.63, 3.8) is 0 Å². The molecule has 1 N–H and O–H groups in total. The zero-order chi connectivity index (χ0) is 30.3. The number of piperidine rings is 1. The molecule has 41 heavy (non-hydrogen) atoms. The van der Waals surface area contributed by atoms with Crippen molar-refractivity contribution in [2.24, 2.45) is 0 Å². The number of hydrogen-bond donors (Lipinski definition) is 1. The van der Waals surface area contributed by atoms with Gasteiger partial charge in [0.05, 0.1) is 11.5 Å². The van der Waals surface area contributed by atoms with Gasteiger partial charge in [-0.2, -0.15) is 26.3 Å². The van der Waals surface area contributed by atoms with Crippen molar-refractivity contribution in [2.45, 2.75) is 47.0 Å². The second kappa shape index (κ2) is 11.0. The molecule has 0 saturated carbocycles. The number of rotatable bonds is 7. The lowest BCUT2D eigenvalue weighted by molar-refractivity contribution is -0.392. The highest BCUT2D eigenvalue weighted by molar-refractivity contribution is 7.92. The fourth-order valence-electron chi connectivity index (χ4n) is 4.94. The van der Waals surface area contributed by atoms with Gasteiger partial charge in [0.1, 0.15) is 22.2 Å². The van der Waals surface area contributed by atoms with Gasteiger partial charge < -0.3 is 10.1 Å². The van der Waals surface area contributed by atoms with Crippen molar-refractivity contribution in [3.8, 4) is 0 Å². The van der Waals surface area contributed by atoms with E-state index in [4.69, 9.17) is 0 Å². The number of nitrogens with one attached hydrogen (secondary N) is 1. The Morgan fingerprint density at radius 2 is 1.37 bits per heavy atom. The fourth-order valence-corrected chi connectivity index (χ4v) is 7.04. The normalized spacial score (nSPS) is 18.9. The first-order valence-corrected chi connectivity index (χ1v) is 13.6. The molecule has 4 rings (SSSR count). The Bertz CT molecular complexity index is 1450. The Labute approximate surface area is 229 Å². The molecule has 0 radical (unpaired) electrons. The lowest BCUT2D eigenvalue weighted by Crippen LogP contribution is -2.56. The van der Waals surface area contributed by atoms with E-state index in [1.807, 2.05) is 0 Å². The highest BCUT2D eigenvalue weighted by atomic mass is 32.2. The first-order chi connectivity index (χ1) is 19.1. The molecule has 3 aromatic rings. The molecule has 4 nitrogen and oxygen atoms in total. The Balaban J connectivity index is 1.83. The largest absolute Gasteiger partial charge is 0.430 e. The summed E-state index contributed by atoms with van der Waals surface area (Å²) < 4.78 is 157. The molecular formula is C27H22F9NO3S. The quantitative estimate of drug-likeness (QED) is 0.239. The molecule has 14 heteroatoms. The van der Waals surface area contributed by atoms with Gasteiger partial charge >= 0.3 is 12.4 Å². The van der Waals surface area contributed by atoms with Crippen molar-refractivity contribution in [1.82, 2.24) is 5.32 Å². The van der Waals surface area contributed by atoms with Crippen LogP contribution in [-0.4, -0.2) is 33.9 Å². The molecule has 0 amide bonds. The van der Waals surface area contributed by atoms with Crippen LogP contribution in [0.25, 0.3) is 0 Å². The molecule has 1 atom stereocenters. The summed E-state index contributed by atoms with van der Waals surface area (Å²) in [6.07, 6.45) is -12.0. The van der Waals surface area contributed by atoms with Crippen LogP contribution in [0.1, 0.15) is 29.5 Å². The third kappa shape index (κ3) is 5.32. The van der Waals surface area contributed by atoms with Crippen molar-refractivity contribution in [3.05, 3.63) is 101 Å². The summed E-state index contributed by atoms with van der Waals surface area (Å²) in [6, 6.07) is 8.56. The number of sulfone groups is 1. The third-order valence-electron chi connectivity index (χ3n) is 7.09. The molecule has 3 aromatic carbocycles. The van der Waals surface area contributed by atoms with Crippen LogP contribution in [0.15, 0.2) is 71.6 Å². The van der Waals surface area contributed by atoms with Crippen molar-refractivity contribution < 1.29 is 52.7 Å². The zero-order valence-electron chi connectivity index (χ0n) is 20.9. The smallest absolute Gasteiger partial charge is 0.349 e. The van der Waals surface area contributed by atoms with Gasteiger partial charge in [-0.3, -0.25) is 0 Å². The Morgan fingerprint density at radius 1 is 0.805 bits per heavy atom. The highest BCUT2D eigenvalue weighted by Crippen LogP contribution is 2.54. The Hall–Kier alpha value is -3.10. The average Bonchev–Trinajstić information content (AvgIpc) is 2.90. The van der Waals surface area contributed by atoms with E-state index in [1.165, 1.54) is 0 Å². The van der Waals surface area contributed by atoms with E-state index < -0.39 is 67.7 Å². The van der Waals surface area contributed by atoms with E-state index in [0.717, 1.165) is 42.5 Å². The van der Waals surface area contributed by atoms with Gasteiger partial charge in [-0.1, -0.05) is 30.3 Å². The highest BCUT2D eigenvalue weighted by Gasteiger charge is 2.73. The maximum atomic E-state index is 14.3. The Kier molecular flexibility index (Phi) is 8.24. The number of hydrogen-bond acceptors (Lipinski definition) is 4. The SMILES string of the molecule is O=S(=O)(c1ccc(F)cc1)C1(c2ccc(C(OCc3c(F)cccc3F)(C(F)(F)F)C(F)(F)F)cc2)CCCNC1. The van der Waals surface area contributed by atoms with Crippen LogP contribution in [0, 0.1) is 17.5 Å². The average molecular weight is 612 g/mol. The molecule has 1 aliphatic heterocycles. The molecule has 0 aromatic heterocycles. The van der Waals surface area contributed by atoms with Gasteiger partial charge in [0.2, 0.25) is 0 Å². The second-order valence-electron chi connectivity index (χ2n) is 9.47. The number of halogens is 9. The number of benzene rings is 3. The molecule has 0 bridgehead atoms. The van der Waals surface area contributed by atoms with Crippen LogP contribution in [0.5, 0.6) is 0 Å². The van der Waals surface area contributed by atoms with Crippen molar-refractivity contribution in [2.75, 3.05) is 13.1 Å². The summed E-state index contributed by atoms with van der Waals surface area (Å²) in [5, 5.41) is 2.89. The van der Waals surface area contributed by atoms with Crippen LogP contribution < -0.4 is 5.32 Å². The predicted molar refractivity (Wildman–Crippen MR) is 129 cm³/mol. The first-order valence-electron chi connectivity index (χ1n) is 12.1. The fraction of sp³-hybridized carbons (Fsp3) is 0.333. The lowest BCUT2D eigenvalue weighted by atomic mass is 9.86. The molecule has 0 spiro atoms. The minimum atomic E-state index is -6.15. The number of ether oxygens (including phenoxy) is 1. The van der Waals surface area contributed by atoms with Gasteiger partial charge in [0.25, 0.3) is 5.60 Å². The predicted octanol–water partition coefficient (Wildman–Crippen LogP) is 6.69. The van der Waals surface area contributed by atoms with Crippen LogP contribution in [0.3, 0.4) is 0 Å². The molecule has 1 fully saturated rings. The molecule has 1 unspecified atom stereocenters. The Morgan fingerprint density at radius 3 is 1.85 bits per heavy atom. The van der Waals surface area contributed by atoms with Crippen molar-refractivity contribution in [1.29, 1.82) is 0 Å². The topological polar surface area (TPSA) is 55.4 Å². The van der Waals surface area contributed by atoms with E-state index in [-0.39, 0.29) is 23.4 Å². The molecule has 1 heterocycles. The van der Waals surface area contributed by atoms with Gasteiger partial charge in [0, 0.05) is 17.7 Å². The van der Waals surface area contributed by atoms with Crippen LogP contribution in [0.4, 0.5) is 39.5 Å². The van der Waals surface area contributed by atoms with Gasteiger partial charge in [-0.25, -0.2) is 21.6 Å². The maximum absolute atomic E-state index is 14.3. The van der Waals surface area contributed by atoms with Gasteiger partial charge in [-0.15, -0.1) is 0 Å². The standard InChI is InChI=1S/C27H22F9NO3S/c28-19-9-11-20(12-10-19)41(38,39)24(13-2-14-37-16-24)17-5-7-18(8-6-17)25(26(31,32)33,27(34,35)36)40-15-21-22(29)3-1-4-23(21)30/h1,3-12,37H,2,13-16H2. The first kappa shape index (κ1) is 30.8.